The van der Waals surface area contributed by atoms with Crippen molar-refractivity contribution in [2.75, 3.05) is 11.9 Å². The maximum atomic E-state index is 11.8. The molecule has 4 rings (SSSR count). The summed E-state index contributed by atoms with van der Waals surface area (Å²) < 4.78 is 0. The van der Waals surface area contributed by atoms with E-state index in [-0.39, 0.29) is 36.5 Å². The van der Waals surface area contributed by atoms with Gasteiger partial charge in [-0.3, -0.25) is 0 Å². The van der Waals surface area contributed by atoms with Crippen LogP contribution in [0.4, 0.5) is 5.82 Å². The van der Waals surface area contributed by atoms with Gasteiger partial charge in [0.1, 0.15) is 5.82 Å². The van der Waals surface area contributed by atoms with Crippen molar-refractivity contribution in [3.63, 3.8) is 0 Å². The van der Waals surface area contributed by atoms with Crippen molar-refractivity contribution in [3.8, 4) is 0 Å². The number of unbranched alkanes of at least 4 members (excludes halogenated alkanes) is 1. The highest BCUT2D eigenvalue weighted by atomic mass is 16.4. The van der Waals surface area contributed by atoms with Gasteiger partial charge in [-0.1, -0.05) is 68.7 Å². The molecule has 0 spiro atoms. The Hall–Kier alpha value is -4.04. The Labute approximate surface area is 242 Å². The summed E-state index contributed by atoms with van der Waals surface area (Å²) in [5.41, 5.74) is 14.3. The maximum absolute atomic E-state index is 11.8. The topological polar surface area (TPSA) is 150 Å². The van der Waals surface area contributed by atoms with Crippen LogP contribution in [-0.2, 0) is 4.79 Å². The average molecular weight is 558 g/mol. The summed E-state index contributed by atoms with van der Waals surface area (Å²) in [6.45, 7) is 2.23. The van der Waals surface area contributed by atoms with Crippen molar-refractivity contribution in [1.82, 2.24) is 4.98 Å². The van der Waals surface area contributed by atoms with Gasteiger partial charge in [0.05, 0.1) is 18.7 Å². The molecule has 0 fully saturated rings. The second-order valence-electron chi connectivity index (χ2n) is 11.0. The highest BCUT2D eigenvalue weighted by Crippen LogP contribution is 2.42. The zero-order valence-corrected chi connectivity index (χ0v) is 23.8. The summed E-state index contributed by atoms with van der Waals surface area (Å²) in [5.74, 6) is -0.00589. The van der Waals surface area contributed by atoms with E-state index in [0.29, 0.717) is 12.0 Å². The average Bonchev–Trinajstić information content (AvgIpc) is 3.46. The zero-order valence-electron chi connectivity index (χ0n) is 23.8. The summed E-state index contributed by atoms with van der Waals surface area (Å²) in [4.78, 5) is 19.1. The number of allylic oxidation sites excluding steroid dienone is 1. The van der Waals surface area contributed by atoms with E-state index in [9.17, 15) is 15.0 Å². The van der Waals surface area contributed by atoms with Gasteiger partial charge in [0.15, 0.2) is 5.96 Å². The number of carboxylic acid groups (broad SMARTS) is 1. The lowest BCUT2D eigenvalue weighted by atomic mass is 9.73. The van der Waals surface area contributed by atoms with Gasteiger partial charge in [0.25, 0.3) is 0 Å². The van der Waals surface area contributed by atoms with Crippen molar-refractivity contribution in [2.24, 2.45) is 22.4 Å². The molecule has 0 unspecified atom stereocenters. The van der Waals surface area contributed by atoms with Gasteiger partial charge in [0.2, 0.25) is 0 Å². The van der Waals surface area contributed by atoms with Gasteiger partial charge in [-0.05, 0) is 83.2 Å². The first kappa shape index (κ1) is 29.9. The molecule has 1 aliphatic carbocycles. The SMILES string of the molecule is CCCC[C@H](O)CCC[C@@H]1c2cc3ccccc3cc2C=C[C@H]1C[C@@H](Nc1ccc[nH]1)/C(=C/C(=O)O)CN=C(N)N. The smallest absolute Gasteiger partial charge is 0.328 e. The van der Waals surface area contributed by atoms with Gasteiger partial charge in [-0.15, -0.1) is 0 Å². The number of nitrogens with zero attached hydrogens (tertiary/aromatic N) is 1. The van der Waals surface area contributed by atoms with E-state index >= 15 is 0 Å². The van der Waals surface area contributed by atoms with E-state index in [0.717, 1.165) is 44.3 Å². The molecule has 2 aromatic carbocycles. The highest BCUT2D eigenvalue weighted by Gasteiger charge is 2.30. The third kappa shape index (κ3) is 8.47. The predicted octanol–water partition coefficient (Wildman–Crippen LogP) is 5.77. The number of hydrogen-bond acceptors (Lipinski definition) is 4. The van der Waals surface area contributed by atoms with Gasteiger partial charge in [-0.25, -0.2) is 9.79 Å². The van der Waals surface area contributed by atoms with Crippen LogP contribution < -0.4 is 16.8 Å². The van der Waals surface area contributed by atoms with Crippen molar-refractivity contribution in [1.29, 1.82) is 0 Å². The van der Waals surface area contributed by atoms with Crippen molar-refractivity contribution < 1.29 is 15.0 Å². The Balaban J connectivity index is 1.66. The van der Waals surface area contributed by atoms with Crippen molar-refractivity contribution in [3.05, 3.63) is 83.6 Å². The van der Waals surface area contributed by atoms with Crippen LogP contribution >= 0.6 is 0 Å². The molecule has 0 aliphatic heterocycles. The van der Waals surface area contributed by atoms with E-state index < -0.39 is 5.97 Å². The quantitative estimate of drug-likeness (QED) is 0.0793. The number of hydrogen-bond donors (Lipinski definition) is 6. The number of carbonyl (C=O) groups is 1. The molecular formula is C33H43N5O3. The molecule has 8 nitrogen and oxygen atoms in total. The number of nitrogens with one attached hydrogen (secondary N) is 2. The lowest BCUT2D eigenvalue weighted by Crippen LogP contribution is -2.31. The normalized spacial score (nSPS) is 18.0. The monoisotopic (exact) mass is 557 g/mol. The number of aliphatic carboxylic acids is 1. The number of carboxylic acids is 1. The number of anilines is 1. The molecule has 41 heavy (non-hydrogen) atoms. The number of H-pyrrole nitrogens is 1. The van der Waals surface area contributed by atoms with E-state index in [1.165, 1.54) is 28.0 Å². The van der Waals surface area contributed by atoms with Crippen molar-refractivity contribution in [2.45, 2.75) is 69.9 Å². The number of aromatic nitrogens is 1. The molecule has 218 valence electrons. The standard InChI is InChI=1S/C33H43N5O3/c1-2-3-10-27(39)11-6-12-28-25(15-14-24-17-22-8-4-5-9-23(22)18-29(24)28)19-30(38-31-13-7-16-36-31)26(20-32(40)41)21-37-33(34)35/h4-5,7-9,13-18,20,25,27-28,30,36,38-39H,2-3,6,10-12,19,21H2,1H3,(H,40,41)(H4,34,35,37)/b26-20+/t25-,27-,28-,30+/m0/s1. The Morgan fingerprint density at radius 3 is 2.56 bits per heavy atom. The van der Waals surface area contributed by atoms with Crippen LogP contribution in [0.15, 0.2) is 77.4 Å². The number of aromatic amines is 1. The molecule has 1 aliphatic rings. The van der Waals surface area contributed by atoms with Crippen LogP contribution in [0.5, 0.6) is 0 Å². The molecule has 0 amide bonds. The molecule has 8 N–H and O–H groups in total. The van der Waals surface area contributed by atoms with E-state index in [1.807, 2.05) is 18.3 Å². The van der Waals surface area contributed by atoms with Crippen LogP contribution in [0, 0.1) is 5.92 Å². The minimum absolute atomic E-state index is 0.0823. The molecule has 0 bridgehead atoms. The fourth-order valence-corrected chi connectivity index (χ4v) is 5.88. The van der Waals surface area contributed by atoms with Crippen LogP contribution in [0.25, 0.3) is 16.8 Å². The minimum atomic E-state index is -1.04. The summed E-state index contributed by atoms with van der Waals surface area (Å²) in [6.07, 6.45) is 13.4. The van der Waals surface area contributed by atoms with E-state index in [4.69, 9.17) is 11.5 Å². The van der Waals surface area contributed by atoms with Crippen molar-refractivity contribution >= 4 is 34.6 Å². The number of guanidine groups is 1. The predicted molar refractivity (Wildman–Crippen MR) is 168 cm³/mol. The number of nitrogens with two attached hydrogens (primary N) is 2. The lowest BCUT2D eigenvalue weighted by molar-refractivity contribution is -0.131. The maximum Gasteiger partial charge on any atom is 0.328 e. The number of rotatable bonds is 15. The number of fused-ring (bicyclic) bond motifs is 2. The molecule has 1 heterocycles. The molecule has 4 atom stereocenters. The summed E-state index contributed by atoms with van der Waals surface area (Å²) in [6, 6.07) is 16.4. The second-order valence-corrected chi connectivity index (χ2v) is 11.0. The van der Waals surface area contributed by atoms with Crippen LogP contribution in [0.1, 0.15) is 68.9 Å². The van der Waals surface area contributed by atoms with Gasteiger partial charge in [-0.2, -0.15) is 0 Å². The molecule has 3 aromatic rings. The molecule has 0 saturated carbocycles. The second kappa shape index (κ2) is 14.6. The third-order valence-electron chi connectivity index (χ3n) is 7.97. The fraction of sp³-hybridized carbons (Fsp3) is 0.394. The first-order valence-electron chi connectivity index (χ1n) is 14.6. The van der Waals surface area contributed by atoms with Gasteiger partial charge < -0.3 is 32.0 Å². The summed E-state index contributed by atoms with van der Waals surface area (Å²) >= 11 is 0. The first-order chi connectivity index (χ1) is 19.8. The number of aliphatic hydroxyl groups excluding tert-OH is 1. The largest absolute Gasteiger partial charge is 0.478 e. The first-order valence-corrected chi connectivity index (χ1v) is 14.6. The molecule has 0 radical (unpaired) electrons. The van der Waals surface area contributed by atoms with Gasteiger partial charge in [0, 0.05) is 12.3 Å². The highest BCUT2D eigenvalue weighted by molar-refractivity contribution is 5.87. The minimum Gasteiger partial charge on any atom is -0.478 e. The van der Waals surface area contributed by atoms with E-state index in [2.05, 4.69) is 70.8 Å². The Bertz CT molecular complexity index is 1370. The molecule has 0 saturated heterocycles. The Kier molecular flexibility index (Phi) is 10.6. The summed E-state index contributed by atoms with van der Waals surface area (Å²) in [7, 11) is 0. The van der Waals surface area contributed by atoms with Crippen LogP contribution in [0.3, 0.4) is 0 Å². The Morgan fingerprint density at radius 2 is 1.88 bits per heavy atom. The van der Waals surface area contributed by atoms with Crippen LogP contribution in [0.2, 0.25) is 0 Å². The van der Waals surface area contributed by atoms with Crippen LogP contribution in [-0.4, -0.2) is 45.8 Å². The lowest BCUT2D eigenvalue weighted by Gasteiger charge is -2.34. The molecular weight excluding hydrogens is 514 g/mol. The number of aliphatic imine (C=N–C) groups is 1. The molecule has 8 heteroatoms. The number of aliphatic hydroxyl groups is 1. The zero-order chi connectivity index (χ0) is 29.2. The summed E-state index contributed by atoms with van der Waals surface area (Å²) in [5, 5.41) is 26.1. The third-order valence-corrected chi connectivity index (χ3v) is 7.97. The van der Waals surface area contributed by atoms with E-state index in [1.54, 1.807) is 0 Å². The van der Waals surface area contributed by atoms with Gasteiger partial charge >= 0.3 is 5.97 Å². The fourth-order valence-electron chi connectivity index (χ4n) is 5.88. The Morgan fingerprint density at radius 1 is 1.12 bits per heavy atom. The number of benzene rings is 2. The molecule has 1 aromatic heterocycles.